The van der Waals surface area contributed by atoms with E-state index < -0.39 is 0 Å². The van der Waals surface area contributed by atoms with E-state index in [9.17, 15) is 4.79 Å². The van der Waals surface area contributed by atoms with Crippen molar-refractivity contribution in [2.45, 2.75) is 6.92 Å². The smallest absolute Gasteiger partial charge is 0.271 e. The highest BCUT2D eigenvalue weighted by Crippen LogP contribution is 2.03. The van der Waals surface area contributed by atoms with E-state index in [1.54, 1.807) is 18.3 Å². The number of nitrogens with zero attached hydrogens (tertiary/aromatic N) is 1. The number of hydrogen-bond donors (Lipinski definition) is 2. The van der Waals surface area contributed by atoms with Crippen LogP contribution in [0.3, 0.4) is 0 Å². The highest BCUT2D eigenvalue weighted by atomic mass is 16.5. The molecule has 0 fully saturated rings. The molecule has 5 heteroatoms. The van der Waals surface area contributed by atoms with Gasteiger partial charge in [-0.3, -0.25) is 4.79 Å². The van der Waals surface area contributed by atoms with Crippen molar-refractivity contribution in [2.24, 2.45) is 5.73 Å². The summed E-state index contributed by atoms with van der Waals surface area (Å²) in [5, 5.41) is 2.73. The molecule has 0 aliphatic heterocycles. The zero-order valence-corrected chi connectivity index (χ0v) is 10.4. The van der Waals surface area contributed by atoms with Crippen LogP contribution in [0.2, 0.25) is 0 Å². The van der Waals surface area contributed by atoms with Crippen molar-refractivity contribution in [1.29, 1.82) is 0 Å². The zero-order valence-electron chi connectivity index (χ0n) is 10.4. The van der Waals surface area contributed by atoms with E-state index in [1.807, 2.05) is 6.92 Å². The van der Waals surface area contributed by atoms with Crippen molar-refractivity contribution >= 4 is 5.91 Å². The lowest BCUT2D eigenvalue weighted by Crippen LogP contribution is -2.28. The molecule has 0 aromatic carbocycles. The highest BCUT2D eigenvalue weighted by Gasteiger charge is 2.10. The fraction of sp³-hybridized carbons (Fsp3) is 0.385. The topological polar surface area (TPSA) is 77.2 Å². The summed E-state index contributed by atoms with van der Waals surface area (Å²) in [5.41, 5.74) is 6.20. The quantitative estimate of drug-likeness (QED) is 0.574. The van der Waals surface area contributed by atoms with Gasteiger partial charge in [0.2, 0.25) is 0 Å². The number of carbonyl (C=O) groups is 1. The molecule has 96 valence electrons. The molecule has 1 aromatic heterocycles. The first-order valence-electron chi connectivity index (χ1n) is 5.79. The number of nitrogens with two attached hydrogens (primary N) is 1. The lowest BCUT2D eigenvalue weighted by molar-refractivity contribution is 0.0917. The van der Waals surface area contributed by atoms with E-state index >= 15 is 0 Å². The highest BCUT2D eigenvalue weighted by molar-refractivity contribution is 5.94. The summed E-state index contributed by atoms with van der Waals surface area (Å²) in [6.07, 6.45) is 1.56. The predicted octanol–water partition coefficient (Wildman–Crippen LogP) is 0.158. The minimum atomic E-state index is -0.253. The minimum Gasteiger partial charge on any atom is -0.380 e. The predicted molar refractivity (Wildman–Crippen MR) is 69.0 cm³/mol. The molecule has 5 nitrogen and oxygen atoms in total. The van der Waals surface area contributed by atoms with Crippen LogP contribution in [0.25, 0.3) is 0 Å². The lowest BCUT2D eigenvalue weighted by atomic mass is 10.2. The molecule has 1 aromatic rings. The standard InChI is InChI=1S/C13H17N3O2/c1-2-18-10-9-16-13(17)12-11(5-3-7-14)6-4-8-15-12/h4,6,8H,2,7,9-10,14H2,1H3,(H,16,17). The SMILES string of the molecule is CCOCCNC(=O)c1ncccc1C#CCN. The maximum Gasteiger partial charge on any atom is 0.271 e. The molecule has 0 unspecified atom stereocenters. The molecule has 1 heterocycles. The number of hydrogen-bond acceptors (Lipinski definition) is 4. The Labute approximate surface area is 107 Å². The molecule has 0 bridgehead atoms. The molecule has 0 aliphatic carbocycles. The summed E-state index contributed by atoms with van der Waals surface area (Å²) in [7, 11) is 0. The van der Waals surface area contributed by atoms with E-state index in [1.165, 1.54) is 0 Å². The largest absolute Gasteiger partial charge is 0.380 e. The first kappa shape index (κ1) is 14.2. The zero-order chi connectivity index (χ0) is 13.2. The normalized spacial score (nSPS) is 9.44. The van der Waals surface area contributed by atoms with Crippen molar-refractivity contribution in [3.8, 4) is 11.8 Å². The van der Waals surface area contributed by atoms with Gasteiger partial charge in [-0.05, 0) is 19.1 Å². The van der Waals surface area contributed by atoms with Crippen molar-refractivity contribution in [3.63, 3.8) is 0 Å². The van der Waals surface area contributed by atoms with Crippen LogP contribution in [0.5, 0.6) is 0 Å². The molecule has 0 spiro atoms. The number of rotatable bonds is 5. The Balaban J connectivity index is 2.67. The van der Waals surface area contributed by atoms with E-state index in [4.69, 9.17) is 10.5 Å². The molecule has 0 saturated carbocycles. The van der Waals surface area contributed by atoms with Crippen LogP contribution >= 0.6 is 0 Å². The molecule has 1 amide bonds. The fourth-order valence-electron chi connectivity index (χ4n) is 1.30. The third kappa shape index (κ3) is 4.53. The maximum absolute atomic E-state index is 11.9. The second-order valence-corrected chi connectivity index (χ2v) is 3.36. The second-order valence-electron chi connectivity index (χ2n) is 3.36. The van der Waals surface area contributed by atoms with Crippen molar-refractivity contribution < 1.29 is 9.53 Å². The monoisotopic (exact) mass is 247 g/mol. The van der Waals surface area contributed by atoms with Gasteiger partial charge in [-0.1, -0.05) is 11.8 Å². The maximum atomic E-state index is 11.9. The minimum absolute atomic E-state index is 0.250. The van der Waals surface area contributed by atoms with Gasteiger partial charge in [0.15, 0.2) is 0 Å². The van der Waals surface area contributed by atoms with Gasteiger partial charge in [-0.2, -0.15) is 0 Å². The number of amides is 1. The number of ether oxygens (including phenoxy) is 1. The lowest BCUT2D eigenvalue weighted by Gasteiger charge is -2.05. The Morgan fingerprint density at radius 3 is 3.17 bits per heavy atom. The van der Waals surface area contributed by atoms with E-state index in [0.717, 1.165) is 0 Å². The molecule has 1 rings (SSSR count). The third-order valence-corrected chi connectivity index (χ3v) is 2.08. The van der Waals surface area contributed by atoms with Crippen LogP contribution in [0.1, 0.15) is 23.0 Å². The molecule has 0 aliphatic rings. The number of aromatic nitrogens is 1. The van der Waals surface area contributed by atoms with Crippen LogP contribution in [0.15, 0.2) is 18.3 Å². The van der Waals surface area contributed by atoms with Gasteiger partial charge in [-0.15, -0.1) is 0 Å². The first-order valence-corrected chi connectivity index (χ1v) is 5.79. The number of nitrogens with one attached hydrogen (secondary N) is 1. The Kier molecular flexibility index (Phi) is 6.47. The fourth-order valence-corrected chi connectivity index (χ4v) is 1.30. The van der Waals surface area contributed by atoms with Gasteiger partial charge < -0.3 is 15.8 Å². The molecule has 0 saturated heterocycles. The summed E-state index contributed by atoms with van der Waals surface area (Å²) >= 11 is 0. The van der Waals surface area contributed by atoms with Crippen LogP contribution in [0, 0.1) is 11.8 Å². The summed E-state index contributed by atoms with van der Waals surface area (Å²) < 4.78 is 5.14. The number of pyridine rings is 1. The van der Waals surface area contributed by atoms with Gasteiger partial charge >= 0.3 is 0 Å². The Morgan fingerprint density at radius 1 is 1.61 bits per heavy atom. The van der Waals surface area contributed by atoms with Crippen molar-refractivity contribution in [3.05, 3.63) is 29.6 Å². The first-order chi connectivity index (χ1) is 8.79. The average Bonchev–Trinajstić information content (AvgIpc) is 2.41. The van der Waals surface area contributed by atoms with E-state index in [0.29, 0.717) is 31.0 Å². The Morgan fingerprint density at radius 2 is 2.44 bits per heavy atom. The Bertz CT molecular complexity index is 449. The van der Waals surface area contributed by atoms with Gasteiger partial charge in [-0.25, -0.2) is 4.98 Å². The van der Waals surface area contributed by atoms with Gasteiger partial charge in [0.1, 0.15) is 5.69 Å². The van der Waals surface area contributed by atoms with Crippen LogP contribution < -0.4 is 11.1 Å². The second kappa shape index (κ2) is 8.23. The van der Waals surface area contributed by atoms with E-state index in [-0.39, 0.29) is 12.5 Å². The van der Waals surface area contributed by atoms with E-state index in [2.05, 4.69) is 22.1 Å². The van der Waals surface area contributed by atoms with Gasteiger partial charge in [0, 0.05) is 19.3 Å². The van der Waals surface area contributed by atoms with Crippen LogP contribution in [-0.2, 0) is 4.74 Å². The molecular weight excluding hydrogens is 230 g/mol. The summed E-state index contributed by atoms with van der Waals surface area (Å²) in [6.45, 7) is 3.72. The van der Waals surface area contributed by atoms with Gasteiger partial charge in [0.25, 0.3) is 5.91 Å². The summed E-state index contributed by atoms with van der Waals surface area (Å²) in [6, 6.07) is 3.48. The Hall–Kier alpha value is -1.90. The third-order valence-electron chi connectivity index (χ3n) is 2.08. The molecular formula is C13H17N3O2. The molecule has 0 atom stereocenters. The van der Waals surface area contributed by atoms with Crippen LogP contribution in [-0.4, -0.2) is 37.2 Å². The van der Waals surface area contributed by atoms with Crippen LogP contribution in [0.4, 0.5) is 0 Å². The molecule has 3 N–H and O–H groups in total. The van der Waals surface area contributed by atoms with Gasteiger partial charge in [0.05, 0.1) is 18.7 Å². The summed E-state index contributed by atoms with van der Waals surface area (Å²) in [5.74, 6) is 5.28. The molecule has 0 radical (unpaired) electrons. The van der Waals surface area contributed by atoms with Crippen molar-refractivity contribution in [1.82, 2.24) is 10.3 Å². The molecule has 18 heavy (non-hydrogen) atoms. The average molecular weight is 247 g/mol. The van der Waals surface area contributed by atoms with Crippen molar-refractivity contribution in [2.75, 3.05) is 26.3 Å². The number of carbonyl (C=O) groups excluding carboxylic acids is 1. The summed E-state index contributed by atoms with van der Waals surface area (Å²) in [4.78, 5) is 15.9.